The minimum atomic E-state index is -3.89. The summed E-state index contributed by atoms with van der Waals surface area (Å²) in [5.41, 5.74) is -0.763. The molecule has 0 aliphatic rings. The van der Waals surface area contributed by atoms with Gasteiger partial charge < -0.3 is 9.47 Å². The molecular formula is C10H18O6S. The normalized spacial score (nSPS) is 13.9. The van der Waals surface area contributed by atoms with Gasteiger partial charge in [0, 0.05) is 0 Å². The average Bonchev–Trinajstić information content (AvgIpc) is 2.11. The van der Waals surface area contributed by atoms with Crippen molar-refractivity contribution >= 4 is 21.8 Å². The average molecular weight is 266 g/mol. The molecule has 0 aliphatic carbocycles. The first-order chi connectivity index (χ1) is 7.49. The molecule has 7 heteroatoms. The quantitative estimate of drug-likeness (QED) is 0.680. The number of methoxy groups -OCH3 is 1. The Morgan fingerprint density at radius 3 is 2.06 bits per heavy atom. The van der Waals surface area contributed by atoms with Crippen LogP contribution in [0.3, 0.4) is 0 Å². The molecule has 0 radical (unpaired) electrons. The number of ether oxygens (including phenoxy) is 2. The summed E-state index contributed by atoms with van der Waals surface area (Å²) in [5.74, 6) is -2.61. The number of rotatable bonds is 4. The summed E-state index contributed by atoms with van der Waals surface area (Å²) in [6, 6.07) is 0. The van der Waals surface area contributed by atoms with Gasteiger partial charge in [0.15, 0.2) is 15.1 Å². The fraction of sp³-hybridized carbons (Fsp3) is 0.800. The number of esters is 2. The van der Waals surface area contributed by atoms with Gasteiger partial charge in [0.2, 0.25) is 0 Å². The molecule has 0 heterocycles. The van der Waals surface area contributed by atoms with E-state index in [1.165, 1.54) is 6.92 Å². The van der Waals surface area contributed by atoms with Crippen LogP contribution in [0.2, 0.25) is 0 Å². The first kappa shape index (κ1) is 15.9. The fourth-order valence-corrected chi connectivity index (χ4v) is 2.00. The van der Waals surface area contributed by atoms with E-state index in [1.807, 2.05) is 0 Å². The molecule has 1 atom stereocenters. The first-order valence-electron chi connectivity index (χ1n) is 5.01. The molecule has 17 heavy (non-hydrogen) atoms. The van der Waals surface area contributed by atoms with Gasteiger partial charge >= 0.3 is 11.9 Å². The lowest BCUT2D eigenvalue weighted by atomic mass is 10.2. The highest BCUT2D eigenvalue weighted by molar-refractivity contribution is 7.93. The molecule has 0 aromatic carbocycles. The molecule has 6 nitrogen and oxygen atoms in total. The molecule has 0 N–H and O–H groups in total. The second-order valence-electron chi connectivity index (χ2n) is 4.56. The summed E-state index contributed by atoms with van der Waals surface area (Å²) < 4.78 is 32.4. The maximum atomic E-state index is 11.6. The predicted octanol–water partition coefficient (Wildman–Crippen LogP) is 0.304. The van der Waals surface area contributed by atoms with E-state index in [2.05, 4.69) is 4.74 Å². The molecule has 0 saturated heterocycles. The third-order valence-corrected chi connectivity index (χ3v) is 3.72. The Labute approximate surface area is 101 Å². The molecule has 0 aromatic heterocycles. The standard InChI is InChI=1S/C10H18O6S/c1-7(9(12)15-5)17(13,14)6-8(11)16-10(2,3)4/h7H,6H2,1-5H3. The number of sulfone groups is 1. The van der Waals surface area contributed by atoms with E-state index in [9.17, 15) is 18.0 Å². The summed E-state index contributed by atoms with van der Waals surface area (Å²) in [5, 5.41) is -1.37. The van der Waals surface area contributed by atoms with Gasteiger partial charge in [-0.25, -0.2) is 8.42 Å². The van der Waals surface area contributed by atoms with E-state index >= 15 is 0 Å². The third kappa shape index (κ3) is 5.67. The van der Waals surface area contributed by atoms with Crippen molar-refractivity contribution in [1.82, 2.24) is 0 Å². The summed E-state index contributed by atoms with van der Waals surface area (Å²) in [4.78, 5) is 22.4. The lowest BCUT2D eigenvalue weighted by Gasteiger charge is -2.20. The van der Waals surface area contributed by atoms with Crippen LogP contribution in [0.1, 0.15) is 27.7 Å². The van der Waals surface area contributed by atoms with Crippen LogP contribution in [0.4, 0.5) is 0 Å². The Morgan fingerprint density at radius 2 is 1.71 bits per heavy atom. The Bertz CT molecular complexity index is 390. The van der Waals surface area contributed by atoms with Crippen LogP contribution >= 0.6 is 0 Å². The largest absolute Gasteiger partial charge is 0.468 e. The van der Waals surface area contributed by atoms with Crippen LogP contribution < -0.4 is 0 Å². The van der Waals surface area contributed by atoms with Crippen molar-refractivity contribution in [3.63, 3.8) is 0 Å². The molecule has 0 rings (SSSR count). The van der Waals surface area contributed by atoms with Crippen LogP contribution in [0.25, 0.3) is 0 Å². The highest BCUT2D eigenvalue weighted by Crippen LogP contribution is 2.10. The molecule has 1 unspecified atom stereocenters. The van der Waals surface area contributed by atoms with Crippen LogP contribution in [0.5, 0.6) is 0 Å². The highest BCUT2D eigenvalue weighted by atomic mass is 32.2. The molecule has 0 fully saturated rings. The van der Waals surface area contributed by atoms with Crippen molar-refractivity contribution in [3.8, 4) is 0 Å². The summed E-state index contributed by atoms with van der Waals surface area (Å²) in [6.45, 7) is 6.05. The topological polar surface area (TPSA) is 86.7 Å². The van der Waals surface area contributed by atoms with Gasteiger partial charge in [0.1, 0.15) is 11.4 Å². The van der Waals surface area contributed by atoms with Gasteiger partial charge in [-0.15, -0.1) is 0 Å². The van der Waals surface area contributed by atoms with E-state index in [-0.39, 0.29) is 0 Å². The van der Waals surface area contributed by atoms with Crippen molar-refractivity contribution < 1.29 is 27.5 Å². The van der Waals surface area contributed by atoms with Gasteiger partial charge in [-0.1, -0.05) is 0 Å². The minimum Gasteiger partial charge on any atom is -0.468 e. The van der Waals surface area contributed by atoms with Crippen LogP contribution in [0, 0.1) is 0 Å². The summed E-state index contributed by atoms with van der Waals surface area (Å²) >= 11 is 0. The van der Waals surface area contributed by atoms with Gasteiger partial charge in [-0.05, 0) is 27.7 Å². The number of hydrogen-bond donors (Lipinski definition) is 0. The van der Waals surface area contributed by atoms with E-state index in [0.29, 0.717) is 0 Å². The highest BCUT2D eigenvalue weighted by Gasteiger charge is 2.32. The molecule has 0 saturated carbocycles. The minimum absolute atomic E-state index is 0.763. The fourth-order valence-electron chi connectivity index (χ4n) is 0.973. The maximum absolute atomic E-state index is 11.6. The molecular weight excluding hydrogens is 248 g/mol. The zero-order valence-electron chi connectivity index (χ0n) is 10.6. The monoisotopic (exact) mass is 266 g/mol. The van der Waals surface area contributed by atoms with Gasteiger partial charge in [0.05, 0.1) is 7.11 Å². The van der Waals surface area contributed by atoms with Gasteiger partial charge in [-0.2, -0.15) is 0 Å². The van der Waals surface area contributed by atoms with Crippen molar-refractivity contribution in [2.75, 3.05) is 12.9 Å². The number of carbonyl (C=O) groups is 2. The Kier molecular flexibility index (Phi) is 5.12. The number of carbonyl (C=O) groups excluding carboxylic acids is 2. The van der Waals surface area contributed by atoms with Crippen molar-refractivity contribution in [3.05, 3.63) is 0 Å². The Hall–Kier alpha value is -1.11. The van der Waals surface area contributed by atoms with Crippen molar-refractivity contribution in [1.29, 1.82) is 0 Å². The Morgan fingerprint density at radius 1 is 1.24 bits per heavy atom. The van der Waals surface area contributed by atoms with E-state index in [4.69, 9.17) is 4.74 Å². The SMILES string of the molecule is COC(=O)C(C)S(=O)(=O)CC(=O)OC(C)(C)C. The molecule has 0 aliphatic heterocycles. The maximum Gasteiger partial charge on any atom is 0.323 e. The smallest absolute Gasteiger partial charge is 0.323 e. The first-order valence-corrected chi connectivity index (χ1v) is 6.72. The van der Waals surface area contributed by atoms with E-state index < -0.39 is 38.4 Å². The van der Waals surface area contributed by atoms with Crippen LogP contribution in [-0.4, -0.2) is 44.1 Å². The molecule has 0 spiro atoms. The second-order valence-corrected chi connectivity index (χ2v) is 6.88. The third-order valence-electron chi connectivity index (χ3n) is 1.81. The molecule has 0 aromatic rings. The molecule has 0 bridgehead atoms. The zero-order valence-corrected chi connectivity index (χ0v) is 11.5. The zero-order chi connectivity index (χ0) is 13.9. The summed E-state index contributed by atoms with van der Waals surface area (Å²) in [7, 11) is -2.81. The van der Waals surface area contributed by atoms with Crippen molar-refractivity contribution in [2.45, 2.75) is 38.5 Å². The van der Waals surface area contributed by atoms with E-state index in [1.54, 1.807) is 20.8 Å². The van der Waals surface area contributed by atoms with Gasteiger partial charge in [-0.3, -0.25) is 9.59 Å². The lowest BCUT2D eigenvalue weighted by Crippen LogP contribution is -2.35. The van der Waals surface area contributed by atoms with Crippen LogP contribution in [-0.2, 0) is 28.9 Å². The second kappa shape index (κ2) is 5.48. The summed E-state index contributed by atoms with van der Waals surface area (Å²) in [6.07, 6.45) is 0. The Balaban J connectivity index is 4.67. The van der Waals surface area contributed by atoms with E-state index in [0.717, 1.165) is 7.11 Å². The lowest BCUT2D eigenvalue weighted by molar-refractivity contribution is -0.151. The molecule has 100 valence electrons. The number of hydrogen-bond acceptors (Lipinski definition) is 6. The van der Waals surface area contributed by atoms with Crippen molar-refractivity contribution in [2.24, 2.45) is 0 Å². The van der Waals surface area contributed by atoms with Crippen LogP contribution in [0.15, 0.2) is 0 Å². The predicted molar refractivity (Wildman–Crippen MR) is 61.1 cm³/mol. The molecule has 0 amide bonds. The van der Waals surface area contributed by atoms with Gasteiger partial charge in [0.25, 0.3) is 0 Å².